The van der Waals surface area contributed by atoms with E-state index in [0.29, 0.717) is 6.61 Å². The fourth-order valence-corrected chi connectivity index (χ4v) is 3.57. The minimum atomic E-state index is -1.91. The van der Waals surface area contributed by atoms with Gasteiger partial charge in [0.05, 0.1) is 13.0 Å². The second-order valence-electron chi connectivity index (χ2n) is 10.2. The van der Waals surface area contributed by atoms with Crippen LogP contribution in [0.5, 0.6) is 0 Å². The second kappa shape index (κ2) is 7.87. The highest BCUT2D eigenvalue weighted by Crippen LogP contribution is 2.38. The van der Waals surface area contributed by atoms with Crippen molar-refractivity contribution in [1.29, 1.82) is 0 Å². The Morgan fingerprint density at radius 1 is 1.15 bits per heavy atom. The maximum Gasteiger partial charge on any atom is 0.307 e. The van der Waals surface area contributed by atoms with Gasteiger partial charge in [-0.05, 0) is 52.8 Å². The molecular formula is C19H39NO5Si. The molecule has 2 N–H and O–H groups in total. The van der Waals surface area contributed by atoms with Crippen LogP contribution < -0.4 is 5.73 Å². The van der Waals surface area contributed by atoms with E-state index >= 15 is 0 Å². The first-order valence-corrected chi connectivity index (χ1v) is 12.3. The molecule has 0 radical (unpaired) electrons. The Kier molecular flexibility index (Phi) is 7.14. The van der Waals surface area contributed by atoms with Crippen LogP contribution in [-0.2, 0) is 23.4 Å². The highest BCUT2D eigenvalue weighted by molar-refractivity contribution is 6.74. The van der Waals surface area contributed by atoms with Crippen LogP contribution in [0.1, 0.15) is 61.8 Å². The summed E-state index contributed by atoms with van der Waals surface area (Å²) >= 11 is 0. The Balaban J connectivity index is 2.76. The zero-order valence-corrected chi connectivity index (χ0v) is 19.3. The van der Waals surface area contributed by atoms with E-state index in [0.717, 1.165) is 0 Å². The van der Waals surface area contributed by atoms with E-state index in [-0.39, 0.29) is 23.5 Å². The summed E-state index contributed by atoms with van der Waals surface area (Å²) in [6.45, 7) is 20.6. The molecule has 1 saturated heterocycles. The van der Waals surface area contributed by atoms with Gasteiger partial charge in [-0.3, -0.25) is 4.79 Å². The molecule has 6 nitrogen and oxygen atoms in total. The largest absolute Gasteiger partial charge is 0.460 e. The van der Waals surface area contributed by atoms with Gasteiger partial charge in [0.1, 0.15) is 17.8 Å². The Morgan fingerprint density at radius 2 is 1.69 bits per heavy atom. The van der Waals surface area contributed by atoms with Crippen LogP contribution in [0, 0.1) is 0 Å². The Bertz CT molecular complexity index is 493. The van der Waals surface area contributed by atoms with E-state index in [1.807, 2.05) is 34.6 Å². The molecule has 3 atom stereocenters. The van der Waals surface area contributed by atoms with Gasteiger partial charge in [0.25, 0.3) is 0 Å². The summed E-state index contributed by atoms with van der Waals surface area (Å²) in [5, 5.41) is 0.107. The molecule has 154 valence electrons. The Morgan fingerprint density at radius 3 is 2.15 bits per heavy atom. The van der Waals surface area contributed by atoms with E-state index < -0.39 is 31.9 Å². The van der Waals surface area contributed by atoms with Gasteiger partial charge in [0.15, 0.2) is 14.1 Å². The zero-order chi connectivity index (χ0) is 20.6. The number of carbonyl (C=O) groups is 1. The molecule has 1 aliphatic rings. The maximum atomic E-state index is 12.1. The molecule has 26 heavy (non-hydrogen) atoms. The van der Waals surface area contributed by atoms with Crippen molar-refractivity contribution in [1.82, 2.24) is 0 Å². The molecule has 1 fully saturated rings. The van der Waals surface area contributed by atoms with Gasteiger partial charge in [0, 0.05) is 6.04 Å². The van der Waals surface area contributed by atoms with Crippen molar-refractivity contribution < 1.29 is 23.4 Å². The molecule has 0 aromatic rings. The standard InChI is InChI=1S/C19H39NO5Si/c1-17(2,3)24-15(21)11-13(20)16-14(23-19(7,8)25-16)12-22-26(9,10)18(4,5)6/h13-14,16H,11-12,20H2,1-10H3/t13-,14+,16-/m1/s1. The molecule has 1 rings (SSSR count). The third-order valence-electron chi connectivity index (χ3n) is 4.88. The highest BCUT2D eigenvalue weighted by atomic mass is 28.4. The lowest BCUT2D eigenvalue weighted by Gasteiger charge is -2.37. The highest BCUT2D eigenvalue weighted by Gasteiger charge is 2.46. The van der Waals surface area contributed by atoms with Crippen LogP contribution in [0.2, 0.25) is 18.1 Å². The van der Waals surface area contributed by atoms with Crippen molar-refractivity contribution in [2.45, 2.75) is 110 Å². The third kappa shape index (κ3) is 6.92. The summed E-state index contributed by atoms with van der Waals surface area (Å²) < 4.78 is 23.7. The molecular weight excluding hydrogens is 350 g/mol. The number of ether oxygens (including phenoxy) is 3. The first-order valence-electron chi connectivity index (χ1n) is 9.40. The first-order chi connectivity index (χ1) is 11.4. The van der Waals surface area contributed by atoms with Crippen LogP contribution in [0.25, 0.3) is 0 Å². The van der Waals surface area contributed by atoms with Crippen LogP contribution in [0.4, 0.5) is 0 Å². The summed E-state index contributed by atoms with van der Waals surface area (Å²) in [6.07, 6.45) is -0.642. The number of rotatable bonds is 6. The van der Waals surface area contributed by atoms with E-state index in [1.54, 1.807) is 0 Å². The lowest BCUT2D eigenvalue weighted by Crippen LogP contribution is -2.48. The molecule has 1 aliphatic heterocycles. The predicted octanol–water partition coefficient (Wildman–Crippen LogP) is 3.59. The van der Waals surface area contributed by atoms with Crippen molar-refractivity contribution in [3.05, 3.63) is 0 Å². The van der Waals surface area contributed by atoms with Gasteiger partial charge < -0.3 is 24.4 Å². The number of esters is 1. The van der Waals surface area contributed by atoms with Gasteiger partial charge in [-0.1, -0.05) is 20.8 Å². The van der Waals surface area contributed by atoms with Crippen molar-refractivity contribution in [3.63, 3.8) is 0 Å². The Hall–Kier alpha value is -0.473. The molecule has 0 saturated carbocycles. The monoisotopic (exact) mass is 389 g/mol. The van der Waals surface area contributed by atoms with Gasteiger partial charge in [-0.2, -0.15) is 0 Å². The normalized spacial score (nSPS) is 25.2. The molecule has 7 heteroatoms. The van der Waals surface area contributed by atoms with Crippen molar-refractivity contribution in [2.24, 2.45) is 5.73 Å². The summed E-state index contributed by atoms with van der Waals surface area (Å²) in [5.74, 6) is -1.08. The predicted molar refractivity (Wildman–Crippen MR) is 105 cm³/mol. The zero-order valence-electron chi connectivity index (χ0n) is 18.3. The summed E-state index contributed by atoms with van der Waals surface area (Å²) in [7, 11) is -1.91. The maximum absolute atomic E-state index is 12.1. The average Bonchev–Trinajstić information content (AvgIpc) is 2.68. The fraction of sp³-hybridized carbons (Fsp3) is 0.947. The fourth-order valence-electron chi connectivity index (χ4n) is 2.55. The van der Waals surface area contributed by atoms with Crippen LogP contribution >= 0.6 is 0 Å². The minimum Gasteiger partial charge on any atom is -0.460 e. The van der Waals surface area contributed by atoms with Crippen LogP contribution in [-0.4, -0.2) is 50.5 Å². The number of nitrogens with two attached hydrogens (primary N) is 1. The van der Waals surface area contributed by atoms with Crippen LogP contribution in [0.3, 0.4) is 0 Å². The summed E-state index contributed by atoms with van der Waals surface area (Å²) in [5.41, 5.74) is 5.75. The second-order valence-corrected chi connectivity index (χ2v) is 15.0. The minimum absolute atomic E-state index is 0.0813. The quantitative estimate of drug-likeness (QED) is 0.552. The Labute approximate surface area is 160 Å². The molecule has 0 bridgehead atoms. The smallest absolute Gasteiger partial charge is 0.307 e. The SMILES string of the molecule is CC(C)(C)OC(=O)C[C@@H](N)[C@H]1OC(C)(C)O[C@H]1CO[Si](C)(C)C(C)(C)C. The topological polar surface area (TPSA) is 80.0 Å². The first kappa shape index (κ1) is 23.6. The van der Waals surface area contributed by atoms with Gasteiger partial charge in [-0.15, -0.1) is 0 Å². The number of hydrogen-bond donors (Lipinski definition) is 1. The van der Waals surface area contributed by atoms with Crippen molar-refractivity contribution in [2.75, 3.05) is 6.61 Å². The summed E-state index contributed by atoms with van der Waals surface area (Å²) in [6, 6.07) is -0.514. The van der Waals surface area contributed by atoms with Gasteiger partial charge >= 0.3 is 5.97 Å². The molecule has 1 heterocycles. The van der Waals surface area contributed by atoms with E-state index in [9.17, 15) is 4.79 Å². The van der Waals surface area contributed by atoms with E-state index in [2.05, 4.69) is 33.9 Å². The number of carbonyl (C=O) groups excluding carboxylic acids is 1. The molecule has 0 amide bonds. The molecule has 0 spiro atoms. The number of hydrogen-bond acceptors (Lipinski definition) is 6. The van der Waals surface area contributed by atoms with Gasteiger partial charge in [0.2, 0.25) is 0 Å². The van der Waals surface area contributed by atoms with E-state index in [4.69, 9.17) is 24.4 Å². The van der Waals surface area contributed by atoms with Crippen LogP contribution in [0.15, 0.2) is 0 Å². The van der Waals surface area contributed by atoms with Gasteiger partial charge in [-0.25, -0.2) is 0 Å². The third-order valence-corrected chi connectivity index (χ3v) is 9.38. The molecule has 0 unspecified atom stereocenters. The summed E-state index contributed by atoms with van der Waals surface area (Å²) in [4.78, 5) is 12.1. The lowest BCUT2D eigenvalue weighted by atomic mass is 10.0. The molecule has 0 aliphatic carbocycles. The van der Waals surface area contributed by atoms with E-state index in [1.165, 1.54) is 0 Å². The van der Waals surface area contributed by atoms with Crippen molar-refractivity contribution >= 4 is 14.3 Å². The van der Waals surface area contributed by atoms with Crippen molar-refractivity contribution in [3.8, 4) is 0 Å². The average molecular weight is 390 g/mol. The molecule has 0 aromatic heterocycles. The lowest BCUT2D eigenvalue weighted by molar-refractivity contribution is -0.159. The molecule has 0 aromatic carbocycles.